The van der Waals surface area contributed by atoms with Crippen molar-refractivity contribution in [1.82, 2.24) is 19.9 Å². The van der Waals surface area contributed by atoms with E-state index in [0.29, 0.717) is 0 Å². The summed E-state index contributed by atoms with van der Waals surface area (Å²) in [6, 6.07) is 8.51. The molecule has 3 aromatic rings. The largest absolute Gasteiger partial charge is 0.368 e. The Morgan fingerprint density at radius 2 is 1.57 bits per heavy atom. The zero-order valence-corrected chi connectivity index (χ0v) is 17.7. The molecule has 30 heavy (non-hydrogen) atoms. The van der Waals surface area contributed by atoms with E-state index < -0.39 is 0 Å². The van der Waals surface area contributed by atoms with Gasteiger partial charge in [0.05, 0.1) is 5.52 Å². The molecule has 2 aliphatic rings. The standard InChI is InChI=1S/C22H28N8/c1-27(2)20-7-8-23-22(26-20)30-13-11-28(12-14-30)17-5-6-19-18(15-17)21(25-16-24-19)29-9-3-4-10-29/h5-8,15-16H,3-4,9-14H2,1-2H3. The highest BCUT2D eigenvalue weighted by atomic mass is 15.3. The summed E-state index contributed by atoms with van der Waals surface area (Å²) in [6.45, 7) is 5.85. The predicted molar refractivity (Wildman–Crippen MR) is 122 cm³/mol. The number of hydrogen-bond donors (Lipinski definition) is 0. The lowest BCUT2D eigenvalue weighted by Gasteiger charge is -2.36. The molecule has 2 aliphatic heterocycles. The van der Waals surface area contributed by atoms with Crippen LogP contribution in [0.3, 0.4) is 0 Å². The van der Waals surface area contributed by atoms with E-state index >= 15 is 0 Å². The van der Waals surface area contributed by atoms with Crippen LogP contribution in [-0.4, -0.2) is 73.3 Å². The van der Waals surface area contributed by atoms with Crippen LogP contribution < -0.4 is 19.6 Å². The molecule has 4 heterocycles. The normalized spacial score (nSPS) is 17.1. The topological polar surface area (TPSA) is 64.5 Å². The van der Waals surface area contributed by atoms with Gasteiger partial charge in [-0.2, -0.15) is 4.98 Å². The molecule has 0 amide bonds. The fourth-order valence-corrected chi connectivity index (χ4v) is 4.31. The summed E-state index contributed by atoms with van der Waals surface area (Å²) >= 11 is 0. The van der Waals surface area contributed by atoms with E-state index in [0.717, 1.165) is 67.8 Å². The van der Waals surface area contributed by atoms with Gasteiger partial charge >= 0.3 is 0 Å². The molecule has 1 aromatic carbocycles. The average molecular weight is 405 g/mol. The highest BCUT2D eigenvalue weighted by molar-refractivity contribution is 5.92. The van der Waals surface area contributed by atoms with Crippen molar-refractivity contribution in [3.63, 3.8) is 0 Å². The maximum atomic E-state index is 4.69. The Kier molecular flexibility index (Phi) is 4.98. The molecule has 8 nitrogen and oxygen atoms in total. The second-order valence-corrected chi connectivity index (χ2v) is 8.18. The summed E-state index contributed by atoms with van der Waals surface area (Å²) in [7, 11) is 4.01. The minimum atomic E-state index is 0.809. The number of nitrogens with zero attached hydrogens (tertiary/aromatic N) is 8. The Labute approximate surface area is 177 Å². The molecule has 0 radical (unpaired) electrons. The molecule has 8 heteroatoms. The molecule has 0 saturated carbocycles. The number of rotatable bonds is 4. The van der Waals surface area contributed by atoms with Gasteiger partial charge in [-0.1, -0.05) is 0 Å². The molecule has 0 unspecified atom stereocenters. The van der Waals surface area contributed by atoms with Crippen molar-refractivity contribution >= 4 is 34.2 Å². The number of anilines is 4. The minimum Gasteiger partial charge on any atom is -0.368 e. The fourth-order valence-electron chi connectivity index (χ4n) is 4.31. The molecular weight excluding hydrogens is 376 g/mol. The summed E-state index contributed by atoms with van der Waals surface area (Å²) in [5, 5.41) is 1.15. The van der Waals surface area contributed by atoms with Crippen molar-refractivity contribution in [1.29, 1.82) is 0 Å². The monoisotopic (exact) mass is 404 g/mol. The lowest BCUT2D eigenvalue weighted by atomic mass is 10.1. The van der Waals surface area contributed by atoms with Gasteiger partial charge in [-0.25, -0.2) is 15.0 Å². The first-order valence-corrected chi connectivity index (χ1v) is 10.7. The summed E-state index contributed by atoms with van der Waals surface area (Å²) < 4.78 is 0. The van der Waals surface area contributed by atoms with E-state index in [-0.39, 0.29) is 0 Å². The maximum absolute atomic E-state index is 4.69. The number of fused-ring (bicyclic) bond motifs is 1. The Bertz CT molecular complexity index is 1020. The summed E-state index contributed by atoms with van der Waals surface area (Å²) in [5.41, 5.74) is 2.25. The van der Waals surface area contributed by atoms with Gasteiger partial charge in [0.2, 0.25) is 5.95 Å². The molecule has 156 valence electrons. The van der Waals surface area contributed by atoms with E-state index in [1.165, 1.54) is 18.5 Å². The highest BCUT2D eigenvalue weighted by Crippen LogP contribution is 2.30. The number of piperazine rings is 1. The van der Waals surface area contributed by atoms with Gasteiger partial charge in [-0.15, -0.1) is 0 Å². The van der Waals surface area contributed by atoms with Crippen molar-refractivity contribution < 1.29 is 0 Å². The van der Waals surface area contributed by atoms with Crippen LogP contribution in [0.1, 0.15) is 12.8 Å². The predicted octanol–water partition coefficient (Wildman–Crippen LogP) is 2.41. The van der Waals surface area contributed by atoms with Gasteiger partial charge in [0.25, 0.3) is 0 Å². The van der Waals surface area contributed by atoms with E-state index in [1.54, 1.807) is 6.33 Å². The SMILES string of the molecule is CN(C)c1ccnc(N2CCN(c3ccc4ncnc(N5CCCC5)c4c3)CC2)n1. The van der Waals surface area contributed by atoms with Crippen LogP contribution in [0.2, 0.25) is 0 Å². The molecule has 0 bridgehead atoms. The molecule has 2 fully saturated rings. The van der Waals surface area contributed by atoms with E-state index in [1.807, 2.05) is 31.3 Å². The van der Waals surface area contributed by atoms with Gasteiger partial charge in [-0.3, -0.25) is 0 Å². The van der Waals surface area contributed by atoms with Gasteiger partial charge in [-0.05, 0) is 37.1 Å². The smallest absolute Gasteiger partial charge is 0.227 e. The van der Waals surface area contributed by atoms with E-state index in [9.17, 15) is 0 Å². The van der Waals surface area contributed by atoms with Gasteiger partial charge in [0.15, 0.2) is 0 Å². The van der Waals surface area contributed by atoms with Crippen LogP contribution in [0.5, 0.6) is 0 Å². The Morgan fingerprint density at radius 3 is 2.33 bits per heavy atom. The Morgan fingerprint density at radius 1 is 0.800 bits per heavy atom. The van der Waals surface area contributed by atoms with Crippen LogP contribution in [0.25, 0.3) is 10.9 Å². The third kappa shape index (κ3) is 3.58. The highest BCUT2D eigenvalue weighted by Gasteiger charge is 2.21. The molecule has 2 saturated heterocycles. The van der Waals surface area contributed by atoms with E-state index in [4.69, 9.17) is 4.98 Å². The third-order valence-corrected chi connectivity index (χ3v) is 6.02. The molecule has 0 N–H and O–H groups in total. The van der Waals surface area contributed by atoms with Crippen LogP contribution in [0.4, 0.5) is 23.3 Å². The first-order chi connectivity index (χ1) is 14.7. The lowest BCUT2D eigenvalue weighted by molar-refractivity contribution is 0.640. The summed E-state index contributed by atoms with van der Waals surface area (Å²) in [5.74, 6) is 2.82. The zero-order valence-electron chi connectivity index (χ0n) is 17.7. The van der Waals surface area contributed by atoms with Crippen molar-refractivity contribution in [2.45, 2.75) is 12.8 Å². The van der Waals surface area contributed by atoms with Crippen LogP contribution >= 0.6 is 0 Å². The molecule has 5 rings (SSSR count). The summed E-state index contributed by atoms with van der Waals surface area (Å²) in [6.07, 6.45) is 6.01. The van der Waals surface area contributed by atoms with Gasteiger partial charge in [0, 0.05) is 70.6 Å². The Balaban J connectivity index is 1.35. The first-order valence-electron chi connectivity index (χ1n) is 10.7. The van der Waals surface area contributed by atoms with Crippen molar-refractivity contribution in [2.24, 2.45) is 0 Å². The fraction of sp³-hybridized carbons (Fsp3) is 0.455. The number of hydrogen-bond acceptors (Lipinski definition) is 8. The van der Waals surface area contributed by atoms with Gasteiger partial charge in [0.1, 0.15) is 18.0 Å². The second-order valence-electron chi connectivity index (χ2n) is 8.18. The molecule has 0 atom stereocenters. The molecular formula is C22H28N8. The quantitative estimate of drug-likeness (QED) is 0.657. The molecule has 0 aliphatic carbocycles. The van der Waals surface area contributed by atoms with Crippen LogP contribution in [0.15, 0.2) is 36.8 Å². The third-order valence-electron chi connectivity index (χ3n) is 6.02. The second kappa shape index (κ2) is 7.93. The minimum absolute atomic E-state index is 0.809. The van der Waals surface area contributed by atoms with E-state index in [2.05, 4.69) is 47.9 Å². The molecule has 2 aromatic heterocycles. The summed E-state index contributed by atoms with van der Waals surface area (Å²) in [4.78, 5) is 27.4. The van der Waals surface area contributed by atoms with Crippen molar-refractivity contribution in [3.8, 4) is 0 Å². The first kappa shape index (κ1) is 18.8. The lowest BCUT2D eigenvalue weighted by Crippen LogP contribution is -2.47. The maximum Gasteiger partial charge on any atom is 0.227 e. The number of aromatic nitrogens is 4. The van der Waals surface area contributed by atoms with Crippen LogP contribution in [-0.2, 0) is 0 Å². The Hall–Kier alpha value is -3.16. The van der Waals surface area contributed by atoms with Crippen molar-refractivity contribution in [3.05, 3.63) is 36.8 Å². The molecule has 0 spiro atoms. The van der Waals surface area contributed by atoms with Gasteiger partial charge < -0.3 is 19.6 Å². The average Bonchev–Trinajstić information content (AvgIpc) is 3.33. The van der Waals surface area contributed by atoms with Crippen molar-refractivity contribution in [2.75, 3.05) is 73.0 Å². The zero-order chi connectivity index (χ0) is 20.5. The number of benzene rings is 1. The van der Waals surface area contributed by atoms with Crippen LogP contribution in [0, 0.1) is 0 Å².